The summed E-state index contributed by atoms with van der Waals surface area (Å²) in [5.74, 6) is 0.426. The first-order chi connectivity index (χ1) is 12.2. The second-order valence-corrected chi connectivity index (χ2v) is 5.57. The monoisotopic (exact) mass is 333 g/mol. The fourth-order valence-electron chi connectivity index (χ4n) is 2.40. The third kappa shape index (κ3) is 4.20. The van der Waals surface area contributed by atoms with Crippen molar-refractivity contribution in [1.82, 2.24) is 9.97 Å². The number of aryl methyl sites for hydroxylation is 2. The number of aromatic nitrogens is 2. The molecule has 2 aromatic carbocycles. The summed E-state index contributed by atoms with van der Waals surface area (Å²) in [4.78, 5) is 20.7. The number of ether oxygens (including phenoxy) is 1. The average molecular weight is 333 g/mol. The highest BCUT2D eigenvalue weighted by molar-refractivity contribution is 6.04. The summed E-state index contributed by atoms with van der Waals surface area (Å²) in [6.45, 7) is 3.93. The van der Waals surface area contributed by atoms with Gasteiger partial charge in [-0.15, -0.1) is 0 Å². The lowest BCUT2D eigenvalue weighted by Gasteiger charge is -2.10. The van der Waals surface area contributed by atoms with E-state index in [9.17, 15) is 4.79 Å². The Labute approximate surface area is 146 Å². The Hall–Kier alpha value is -3.21. The minimum absolute atomic E-state index is 0.153. The van der Waals surface area contributed by atoms with Gasteiger partial charge in [0, 0.05) is 23.1 Å². The van der Waals surface area contributed by atoms with E-state index >= 15 is 0 Å². The van der Waals surface area contributed by atoms with Gasteiger partial charge in [-0.25, -0.2) is 9.97 Å². The Morgan fingerprint density at radius 3 is 2.56 bits per heavy atom. The average Bonchev–Trinajstić information content (AvgIpc) is 2.63. The zero-order valence-corrected chi connectivity index (χ0v) is 14.2. The minimum atomic E-state index is -0.153. The van der Waals surface area contributed by atoms with E-state index in [-0.39, 0.29) is 11.9 Å². The molecule has 5 heteroatoms. The van der Waals surface area contributed by atoms with E-state index < -0.39 is 0 Å². The van der Waals surface area contributed by atoms with E-state index in [1.54, 1.807) is 36.5 Å². The number of rotatable bonds is 5. The molecule has 0 bridgehead atoms. The highest BCUT2D eigenvalue weighted by atomic mass is 16.5. The fraction of sp³-hybridized carbons (Fsp3) is 0.150. The lowest BCUT2D eigenvalue weighted by atomic mass is 10.1. The first-order valence-electron chi connectivity index (χ1n) is 8.12. The zero-order valence-electron chi connectivity index (χ0n) is 14.2. The van der Waals surface area contributed by atoms with Gasteiger partial charge in [-0.2, -0.15) is 0 Å². The quantitative estimate of drug-likeness (QED) is 0.752. The van der Waals surface area contributed by atoms with Gasteiger partial charge in [-0.05, 0) is 55.3 Å². The molecule has 0 spiro atoms. The molecule has 0 aliphatic carbocycles. The molecule has 0 unspecified atom stereocenters. The second-order valence-electron chi connectivity index (χ2n) is 5.57. The Morgan fingerprint density at radius 2 is 1.84 bits per heavy atom. The SMILES string of the molecule is CCc1ccccc1NC(=O)c1ccc(Oc2nccc(C)n2)cc1. The van der Waals surface area contributed by atoms with Gasteiger partial charge < -0.3 is 10.1 Å². The highest BCUT2D eigenvalue weighted by Gasteiger charge is 2.09. The molecular formula is C20H19N3O2. The molecule has 0 atom stereocenters. The first kappa shape index (κ1) is 16.6. The summed E-state index contributed by atoms with van der Waals surface area (Å²) in [7, 11) is 0. The highest BCUT2D eigenvalue weighted by Crippen LogP contribution is 2.20. The van der Waals surface area contributed by atoms with Gasteiger partial charge in [0.2, 0.25) is 0 Å². The molecule has 3 rings (SSSR count). The molecule has 3 aromatic rings. The number of para-hydroxylation sites is 1. The number of carbonyl (C=O) groups is 1. The van der Waals surface area contributed by atoms with Crippen LogP contribution in [-0.4, -0.2) is 15.9 Å². The number of nitrogens with zero attached hydrogens (tertiary/aromatic N) is 2. The normalized spacial score (nSPS) is 10.3. The molecule has 0 aliphatic rings. The van der Waals surface area contributed by atoms with E-state index in [0.29, 0.717) is 11.3 Å². The Bertz CT molecular complexity index is 876. The molecule has 1 N–H and O–H groups in total. The van der Waals surface area contributed by atoms with Gasteiger partial charge in [-0.3, -0.25) is 4.79 Å². The molecule has 0 radical (unpaired) electrons. The van der Waals surface area contributed by atoms with Crippen molar-refractivity contribution in [1.29, 1.82) is 0 Å². The van der Waals surface area contributed by atoms with Gasteiger partial charge in [0.25, 0.3) is 5.91 Å². The van der Waals surface area contributed by atoms with Gasteiger partial charge in [-0.1, -0.05) is 25.1 Å². The van der Waals surface area contributed by atoms with Crippen molar-refractivity contribution in [2.75, 3.05) is 5.32 Å². The maximum Gasteiger partial charge on any atom is 0.322 e. The van der Waals surface area contributed by atoms with Crippen LogP contribution in [0.3, 0.4) is 0 Å². The first-order valence-corrected chi connectivity index (χ1v) is 8.12. The van der Waals surface area contributed by atoms with Crippen LogP contribution in [0.1, 0.15) is 28.5 Å². The summed E-state index contributed by atoms with van der Waals surface area (Å²) < 4.78 is 5.59. The Kier molecular flexibility index (Phi) is 5.04. The van der Waals surface area contributed by atoms with Gasteiger partial charge >= 0.3 is 6.01 Å². The van der Waals surface area contributed by atoms with E-state index in [1.165, 1.54) is 0 Å². The van der Waals surface area contributed by atoms with Crippen molar-refractivity contribution in [3.63, 3.8) is 0 Å². The molecule has 0 saturated heterocycles. The summed E-state index contributed by atoms with van der Waals surface area (Å²) in [6.07, 6.45) is 2.50. The molecule has 25 heavy (non-hydrogen) atoms. The van der Waals surface area contributed by atoms with Crippen LogP contribution in [0.15, 0.2) is 60.8 Å². The molecule has 126 valence electrons. The maximum atomic E-state index is 12.4. The van der Waals surface area contributed by atoms with Crippen molar-refractivity contribution in [2.24, 2.45) is 0 Å². The molecule has 1 heterocycles. The molecule has 0 fully saturated rings. The van der Waals surface area contributed by atoms with Crippen molar-refractivity contribution >= 4 is 11.6 Å². The molecular weight excluding hydrogens is 314 g/mol. The van der Waals surface area contributed by atoms with E-state index in [1.807, 2.05) is 31.2 Å². The maximum absolute atomic E-state index is 12.4. The van der Waals surface area contributed by atoms with Crippen molar-refractivity contribution in [2.45, 2.75) is 20.3 Å². The number of benzene rings is 2. The van der Waals surface area contributed by atoms with Crippen molar-refractivity contribution < 1.29 is 9.53 Å². The van der Waals surface area contributed by atoms with Gasteiger partial charge in [0.05, 0.1) is 0 Å². The van der Waals surface area contributed by atoms with Gasteiger partial charge in [0.1, 0.15) is 5.75 Å². The number of hydrogen-bond donors (Lipinski definition) is 1. The number of amides is 1. The fourth-order valence-corrected chi connectivity index (χ4v) is 2.40. The lowest BCUT2D eigenvalue weighted by Crippen LogP contribution is -2.13. The van der Waals surface area contributed by atoms with Crippen LogP contribution in [-0.2, 0) is 6.42 Å². The lowest BCUT2D eigenvalue weighted by molar-refractivity contribution is 0.102. The van der Waals surface area contributed by atoms with E-state index in [0.717, 1.165) is 23.4 Å². The van der Waals surface area contributed by atoms with Crippen LogP contribution < -0.4 is 10.1 Å². The second kappa shape index (κ2) is 7.57. The van der Waals surface area contributed by atoms with Crippen molar-refractivity contribution in [3.8, 4) is 11.8 Å². The molecule has 1 aromatic heterocycles. The Balaban J connectivity index is 1.70. The molecule has 1 amide bonds. The summed E-state index contributed by atoms with van der Waals surface area (Å²) >= 11 is 0. The molecule has 0 saturated carbocycles. The molecule has 5 nitrogen and oxygen atoms in total. The Morgan fingerprint density at radius 1 is 1.08 bits per heavy atom. The summed E-state index contributed by atoms with van der Waals surface area (Å²) in [6, 6.07) is 16.8. The topological polar surface area (TPSA) is 64.1 Å². The summed E-state index contributed by atoms with van der Waals surface area (Å²) in [5, 5.41) is 2.95. The number of anilines is 1. The summed E-state index contributed by atoms with van der Waals surface area (Å²) in [5.41, 5.74) is 3.33. The van der Waals surface area contributed by atoms with E-state index in [2.05, 4.69) is 22.2 Å². The third-order valence-corrected chi connectivity index (χ3v) is 3.74. The smallest absolute Gasteiger partial charge is 0.322 e. The number of hydrogen-bond acceptors (Lipinski definition) is 4. The largest absolute Gasteiger partial charge is 0.424 e. The van der Waals surface area contributed by atoms with Crippen LogP contribution in [0.2, 0.25) is 0 Å². The van der Waals surface area contributed by atoms with Crippen LogP contribution in [0, 0.1) is 6.92 Å². The van der Waals surface area contributed by atoms with Gasteiger partial charge in [0.15, 0.2) is 0 Å². The van der Waals surface area contributed by atoms with Crippen molar-refractivity contribution in [3.05, 3.63) is 77.6 Å². The zero-order chi connectivity index (χ0) is 17.6. The van der Waals surface area contributed by atoms with Crippen LogP contribution in [0.4, 0.5) is 5.69 Å². The van der Waals surface area contributed by atoms with E-state index in [4.69, 9.17) is 4.74 Å². The number of nitrogens with one attached hydrogen (secondary N) is 1. The van der Waals surface area contributed by atoms with Crippen LogP contribution in [0.25, 0.3) is 0 Å². The van der Waals surface area contributed by atoms with Crippen LogP contribution >= 0.6 is 0 Å². The molecule has 0 aliphatic heterocycles. The minimum Gasteiger partial charge on any atom is -0.424 e. The van der Waals surface area contributed by atoms with Crippen LogP contribution in [0.5, 0.6) is 11.8 Å². The third-order valence-electron chi connectivity index (χ3n) is 3.74. The predicted octanol–water partition coefficient (Wildman–Crippen LogP) is 4.39. The standard InChI is InChI=1S/C20H19N3O2/c1-3-15-6-4-5-7-18(15)23-19(24)16-8-10-17(11-9-16)25-20-21-13-12-14(2)22-20/h4-13H,3H2,1-2H3,(H,23,24). The predicted molar refractivity (Wildman–Crippen MR) is 97.1 cm³/mol. The number of carbonyl (C=O) groups excluding carboxylic acids is 1.